The normalized spacial score (nSPS) is 14.2. The van der Waals surface area contributed by atoms with Crippen LogP contribution in [0, 0.1) is 5.82 Å². The summed E-state index contributed by atoms with van der Waals surface area (Å²) in [5, 5.41) is 19.5. The van der Waals surface area contributed by atoms with Crippen molar-refractivity contribution in [3.63, 3.8) is 0 Å². The van der Waals surface area contributed by atoms with Gasteiger partial charge in [-0.2, -0.15) is 0 Å². The lowest BCUT2D eigenvalue weighted by atomic mass is 10.1. The second-order valence-electron chi connectivity index (χ2n) is 9.45. The summed E-state index contributed by atoms with van der Waals surface area (Å²) < 4.78 is 33.2. The van der Waals surface area contributed by atoms with Crippen molar-refractivity contribution in [2.45, 2.75) is 44.4 Å². The number of hydrogen-bond acceptors (Lipinski definition) is 6. The Morgan fingerprint density at radius 1 is 1.23 bits per heavy atom. The number of aromatic nitrogens is 7. The number of alkyl halides is 1. The molecule has 11 nitrogen and oxygen atoms in total. The quantitative estimate of drug-likeness (QED) is 0.286. The maximum atomic E-state index is 14.4. The number of rotatable bonds is 9. The lowest BCUT2D eigenvalue weighted by Gasteiger charge is -2.08. The molecule has 14 heteroatoms. The second kappa shape index (κ2) is 9.73. The van der Waals surface area contributed by atoms with Gasteiger partial charge in [0.05, 0.1) is 42.0 Å². The van der Waals surface area contributed by atoms with E-state index in [4.69, 9.17) is 16.7 Å². The molecule has 0 aliphatic heterocycles. The molecule has 1 aliphatic rings. The van der Waals surface area contributed by atoms with Gasteiger partial charge in [-0.15, -0.1) is 5.10 Å². The molecule has 39 heavy (non-hydrogen) atoms. The molecule has 1 aliphatic carbocycles. The molecular weight excluding hydrogens is 534 g/mol. The summed E-state index contributed by atoms with van der Waals surface area (Å²) >= 11 is 5.87. The Morgan fingerprint density at radius 2 is 2.05 bits per heavy atom. The third kappa shape index (κ3) is 4.92. The van der Waals surface area contributed by atoms with E-state index in [1.807, 2.05) is 12.3 Å². The zero-order valence-corrected chi connectivity index (χ0v) is 21.0. The molecule has 1 unspecified atom stereocenters. The number of nitrogens with one attached hydrogen (secondary N) is 1. The van der Waals surface area contributed by atoms with Crippen LogP contribution >= 0.6 is 11.6 Å². The summed E-state index contributed by atoms with van der Waals surface area (Å²) in [6.07, 6.45) is 7.89. The van der Waals surface area contributed by atoms with Crippen LogP contribution in [0.3, 0.4) is 0 Å². The minimum Gasteiger partial charge on any atom is -0.479 e. The van der Waals surface area contributed by atoms with E-state index in [-0.39, 0.29) is 35.7 Å². The van der Waals surface area contributed by atoms with E-state index < -0.39 is 23.9 Å². The summed E-state index contributed by atoms with van der Waals surface area (Å²) in [4.78, 5) is 32.5. The van der Waals surface area contributed by atoms with Crippen molar-refractivity contribution in [1.82, 2.24) is 39.1 Å². The van der Waals surface area contributed by atoms with Gasteiger partial charge in [-0.1, -0.05) is 22.9 Å². The van der Waals surface area contributed by atoms with Crippen molar-refractivity contribution in [3.8, 4) is 0 Å². The van der Waals surface area contributed by atoms with E-state index in [0.29, 0.717) is 28.5 Å². The van der Waals surface area contributed by atoms with Crippen molar-refractivity contribution in [2.24, 2.45) is 0 Å². The summed E-state index contributed by atoms with van der Waals surface area (Å²) in [6, 6.07) is 3.25. The summed E-state index contributed by atoms with van der Waals surface area (Å²) in [5.74, 6) is -2.29. The van der Waals surface area contributed by atoms with Crippen molar-refractivity contribution in [3.05, 3.63) is 82.3 Å². The Kier molecular flexibility index (Phi) is 6.22. The number of imidazole rings is 2. The molecule has 5 aromatic heterocycles. The number of nitrogens with zero attached hydrogens (tertiary/aromatic N) is 7. The van der Waals surface area contributed by atoms with Gasteiger partial charge >= 0.3 is 5.97 Å². The molecule has 0 spiro atoms. The van der Waals surface area contributed by atoms with E-state index in [2.05, 4.69) is 25.6 Å². The van der Waals surface area contributed by atoms with Crippen LogP contribution in [0.1, 0.15) is 51.8 Å². The lowest BCUT2D eigenvalue weighted by Crippen LogP contribution is -2.23. The lowest BCUT2D eigenvalue weighted by molar-refractivity contribution is -0.142. The molecule has 5 heterocycles. The highest BCUT2D eigenvalue weighted by Gasteiger charge is 2.27. The average molecular weight is 555 g/mol. The predicted octanol–water partition coefficient (Wildman–Crippen LogP) is 3.19. The molecule has 5 aromatic rings. The van der Waals surface area contributed by atoms with E-state index in [0.717, 1.165) is 18.4 Å². The average Bonchev–Trinajstić information content (AvgIpc) is 3.30. The minimum absolute atomic E-state index is 0.0409. The van der Waals surface area contributed by atoms with Gasteiger partial charge in [-0.3, -0.25) is 4.79 Å². The first-order valence-corrected chi connectivity index (χ1v) is 12.5. The van der Waals surface area contributed by atoms with Gasteiger partial charge < -0.3 is 19.2 Å². The zero-order chi connectivity index (χ0) is 27.3. The third-order valence-corrected chi connectivity index (χ3v) is 6.89. The number of carboxylic acids is 1. The maximum absolute atomic E-state index is 14.4. The Bertz CT molecular complexity index is 1740. The number of carboxylic acid groups (broad SMARTS) is 1. The number of fused-ring (bicyclic) bond motifs is 2. The topological polar surface area (TPSA) is 132 Å². The molecule has 1 amide bonds. The molecule has 1 fully saturated rings. The number of aliphatic carboxylic acids is 1. The highest BCUT2D eigenvalue weighted by atomic mass is 35.5. The second-order valence-corrected chi connectivity index (χ2v) is 9.86. The van der Waals surface area contributed by atoms with Gasteiger partial charge in [0.1, 0.15) is 11.2 Å². The molecular formula is C25H21ClF2N8O3. The maximum Gasteiger partial charge on any atom is 0.338 e. The third-order valence-electron chi connectivity index (χ3n) is 6.59. The Hall–Kier alpha value is -4.39. The van der Waals surface area contributed by atoms with Crippen LogP contribution < -0.4 is 5.32 Å². The fourth-order valence-corrected chi connectivity index (χ4v) is 4.65. The van der Waals surface area contributed by atoms with Crippen LogP contribution in [0.25, 0.3) is 11.2 Å². The number of amides is 1. The molecule has 0 aromatic carbocycles. The van der Waals surface area contributed by atoms with Crippen molar-refractivity contribution in [1.29, 1.82) is 0 Å². The monoisotopic (exact) mass is 554 g/mol. The number of halogens is 3. The molecule has 2 N–H and O–H groups in total. The summed E-state index contributed by atoms with van der Waals surface area (Å²) in [5.41, 5.74) is 3.10. The summed E-state index contributed by atoms with van der Waals surface area (Å²) in [6.45, 7) is 0.122. The van der Waals surface area contributed by atoms with Gasteiger partial charge in [-0.25, -0.2) is 28.2 Å². The van der Waals surface area contributed by atoms with Crippen LogP contribution in [0.5, 0.6) is 0 Å². The molecule has 0 radical (unpaired) electrons. The van der Waals surface area contributed by atoms with E-state index in [1.165, 1.54) is 27.7 Å². The zero-order valence-electron chi connectivity index (χ0n) is 20.3. The first-order valence-electron chi connectivity index (χ1n) is 12.1. The number of carbonyl (C=O) groups is 2. The predicted molar refractivity (Wildman–Crippen MR) is 134 cm³/mol. The van der Waals surface area contributed by atoms with Crippen LogP contribution in [0.15, 0.2) is 43.2 Å². The van der Waals surface area contributed by atoms with Gasteiger partial charge in [0.25, 0.3) is 5.91 Å². The van der Waals surface area contributed by atoms with Crippen LogP contribution in [0.2, 0.25) is 5.02 Å². The highest BCUT2D eigenvalue weighted by Crippen LogP contribution is 2.40. The van der Waals surface area contributed by atoms with Crippen molar-refractivity contribution >= 4 is 34.6 Å². The Labute approximate surface area is 224 Å². The first-order chi connectivity index (χ1) is 18.8. The minimum atomic E-state index is -2.03. The number of pyridine rings is 2. The number of carbonyl (C=O) groups excluding carboxylic acids is 1. The largest absolute Gasteiger partial charge is 0.479 e. The van der Waals surface area contributed by atoms with E-state index >= 15 is 0 Å². The van der Waals surface area contributed by atoms with E-state index in [1.54, 1.807) is 16.8 Å². The van der Waals surface area contributed by atoms with Crippen molar-refractivity contribution < 1.29 is 23.5 Å². The smallest absolute Gasteiger partial charge is 0.338 e. The van der Waals surface area contributed by atoms with Gasteiger partial charge in [0.2, 0.25) is 6.17 Å². The number of hydrogen-bond donors (Lipinski definition) is 2. The SMILES string of the molecule is O=C(NCc1ncn2ccc(Cl)c(F)c12)c1cn(Cc2cn3cc(C4CC4)cc(CC(F)C(=O)O)c3n2)nn1. The fraction of sp³-hybridized carbons (Fsp3) is 0.280. The van der Waals surface area contributed by atoms with Crippen LogP contribution in [-0.2, 0) is 24.3 Å². The molecule has 0 saturated heterocycles. The Morgan fingerprint density at radius 3 is 2.82 bits per heavy atom. The van der Waals surface area contributed by atoms with Crippen molar-refractivity contribution in [2.75, 3.05) is 0 Å². The molecule has 1 atom stereocenters. The van der Waals surface area contributed by atoms with E-state index in [9.17, 15) is 18.4 Å². The summed E-state index contributed by atoms with van der Waals surface area (Å²) in [7, 11) is 0. The first kappa shape index (κ1) is 24.9. The Balaban J connectivity index is 1.18. The molecule has 200 valence electrons. The van der Waals surface area contributed by atoms with Gasteiger partial charge in [0, 0.05) is 25.0 Å². The van der Waals surface area contributed by atoms with Crippen LogP contribution in [-0.4, -0.2) is 56.9 Å². The van der Waals surface area contributed by atoms with Gasteiger partial charge in [-0.05, 0) is 36.0 Å². The molecule has 1 saturated carbocycles. The molecule has 6 rings (SSSR count). The fourth-order valence-electron chi connectivity index (χ4n) is 4.51. The molecule has 0 bridgehead atoms. The highest BCUT2D eigenvalue weighted by molar-refractivity contribution is 6.31. The standard InChI is InChI=1S/C25H21ClF2N8O3/c26-17-3-4-34-12-30-19(22(34)21(17)28)7-29-24(37)20-11-36(33-32-20)10-16-9-35-8-15(13-1-2-13)5-14(23(35)31-16)6-18(27)25(38)39/h3-5,8-9,11-13,18H,1-2,6-7,10H2,(H,29,37)(H,38,39). The van der Waals surface area contributed by atoms with Crippen LogP contribution in [0.4, 0.5) is 8.78 Å². The van der Waals surface area contributed by atoms with Gasteiger partial charge in [0.15, 0.2) is 11.5 Å².